The van der Waals surface area contributed by atoms with E-state index in [0.29, 0.717) is 19.3 Å². The van der Waals surface area contributed by atoms with Crippen molar-refractivity contribution < 1.29 is 28.7 Å². The van der Waals surface area contributed by atoms with Gasteiger partial charge in [0.25, 0.3) is 0 Å². The highest BCUT2D eigenvalue weighted by Crippen LogP contribution is 2.36. The summed E-state index contributed by atoms with van der Waals surface area (Å²) in [7, 11) is 0. The zero-order valence-electron chi connectivity index (χ0n) is 13.4. The van der Waals surface area contributed by atoms with E-state index in [1.54, 1.807) is 20.8 Å². The Balaban J connectivity index is 3.12. The van der Waals surface area contributed by atoms with Crippen molar-refractivity contribution in [3.05, 3.63) is 0 Å². The van der Waals surface area contributed by atoms with E-state index < -0.39 is 29.7 Å². The van der Waals surface area contributed by atoms with Crippen molar-refractivity contribution in [3.8, 4) is 0 Å². The standard InChI is InChI=1S/C16H24O6/c1-4-11(17)13-10(8-7-9-12(13)18)14(15(19)21-5-2)16(20)22-6-3/h10,13-14H,4-9H2,1-3H3. The summed E-state index contributed by atoms with van der Waals surface area (Å²) >= 11 is 0. The van der Waals surface area contributed by atoms with Gasteiger partial charge in [-0.3, -0.25) is 19.2 Å². The van der Waals surface area contributed by atoms with Gasteiger partial charge in [0.1, 0.15) is 11.6 Å². The maximum Gasteiger partial charge on any atom is 0.320 e. The third kappa shape index (κ3) is 4.15. The molecule has 6 nitrogen and oxygen atoms in total. The quantitative estimate of drug-likeness (QED) is 0.525. The van der Waals surface area contributed by atoms with Gasteiger partial charge in [0.15, 0.2) is 5.92 Å². The van der Waals surface area contributed by atoms with E-state index in [9.17, 15) is 19.2 Å². The summed E-state index contributed by atoms with van der Waals surface area (Å²) in [6.45, 7) is 5.20. The summed E-state index contributed by atoms with van der Waals surface area (Å²) < 4.78 is 9.92. The van der Waals surface area contributed by atoms with Crippen LogP contribution in [0.4, 0.5) is 0 Å². The Hall–Kier alpha value is -1.72. The molecule has 1 aliphatic rings. The van der Waals surface area contributed by atoms with Crippen molar-refractivity contribution in [1.29, 1.82) is 0 Å². The first-order valence-corrected chi connectivity index (χ1v) is 7.86. The number of hydrogen-bond acceptors (Lipinski definition) is 6. The van der Waals surface area contributed by atoms with Gasteiger partial charge in [-0.2, -0.15) is 0 Å². The largest absolute Gasteiger partial charge is 0.465 e. The Kier molecular flexibility index (Phi) is 7.21. The van der Waals surface area contributed by atoms with Crippen LogP contribution in [-0.4, -0.2) is 36.7 Å². The second kappa shape index (κ2) is 8.66. The topological polar surface area (TPSA) is 86.7 Å². The van der Waals surface area contributed by atoms with Gasteiger partial charge < -0.3 is 9.47 Å². The molecule has 1 saturated carbocycles. The average Bonchev–Trinajstić information content (AvgIpc) is 2.47. The fraction of sp³-hybridized carbons (Fsp3) is 0.750. The molecule has 0 spiro atoms. The molecule has 0 bridgehead atoms. The van der Waals surface area contributed by atoms with Crippen molar-refractivity contribution in [2.24, 2.45) is 17.8 Å². The highest BCUT2D eigenvalue weighted by molar-refractivity contribution is 6.05. The van der Waals surface area contributed by atoms with Gasteiger partial charge in [-0.1, -0.05) is 6.92 Å². The molecule has 6 heteroatoms. The Morgan fingerprint density at radius 2 is 1.64 bits per heavy atom. The maximum absolute atomic E-state index is 12.2. The van der Waals surface area contributed by atoms with E-state index in [1.807, 2.05) is 0 Å². The summed E-state index contributed by atoms with van der Waals surface area (Å²) in [4.78, 5) is 48.6. The Morgan fingerprint density at radius 3 is 2.09 bits per heavy atom. The molecule has 2 unspecified atom stereocenters. The molecule has 2 atom stereocenters. The fourth-order valence-corrected chi connectivity index (χ4v) is 2.98. The molecule has 0 aromatic rings. The summed E-state index contributed by atoms with van der Waals surface area (Å²) in [5.41, 5.74) is 0. The van der Waals surface area contributed by atoms with Gasteiger partial charge in [-0.25, -0.2) is 0 Å². The molecule has 0 heterocycles. The maximum atomic E-state index is 12.2. The molecule has 22 heavy (non-hydrogen) atoms. The normalized spacial score (nSPS) is 21.5. The third-order valence-corrected chi connectivity index (χ3v) is 3.94. The summed E-state index contributed by atoms with van der Waals surface area (Å²) in [5, 5.41) is 0. The predicted molar refractivity (Wildman–Crippen MR) is 77.9 cm³/mol. The van der Waals surface area contributed by atoms with E-state index >= 15 is 0 Å². The number of rotatable bonds is 7. The first-order chi connectivity index (χ1) is 10.5. The SMILES string of the molecule is CCOC(=O)C(C(=O)OCC)C1CCCC(=O)C1C(=O)CC. The van der Waals surface area contributed by atoms with E-state index in [0.717, 1.165) is 0 Å². The van der Waals surface area contributed by atoms with Crippen molar-refractivity contribution in [1.82, 2.24) is 0 Å². The number of carbonyl (C=O) groups excluding carboxylic acids is 4. The lowest BCUT2D eigenvalue weighted by Gasteiger charge is -2.32. The molecule has 0 radical (unpaired) electrons. The third-order valence-electron chi connectivity index (χ3n) is 3.94. The van der Waals surface area contributed by atoms with Gasteiger partial charge in [-0.15, -0.1) is 0 Å². The van der Waals surface area contributed by atoms with Crippen LogP contribution in [0.2, 0.25) is 0 Å². The lowest BCUT2D eigenvalue weighted by molar-refractivity contribution is -0.166. The first-order valence-electron chi connectivity index (χ1n) is 7.86. The molecule has 1 aliphatic carbocycles. The van der Waals surface area contributed by atoms with E-state index in [-0.39, 0.29) is 31.2 Å². The minimum Gasteiger partial charge on any atom is -0.465 e. The van der Waals surface area contributed by atoms with Gasteiger partial charge in [0, 0.05) is 12.8 Å². The zero-order chi connectivity index (χ0) is 16.7. The molecule has 1 rings (SSSR count). The Labute approximate surface area is 130 Å². The Bertz CT molecular complexity index is 416. The number of esters is 2. The van der Waals surface area contributed by atoms with E-state index in [4.69, 9.17) is 9.47 Å². The van der Waals surface area contributed by atoms with Crippen molar-refractivity contribution in [3.63, 3.8) is 0 Å². The van der Waals surface area contributed by atoms with Crippen LogP contribution in [0.3, 0.4) is 0 Å². The Morgan fingerprint density at radius 1 is 1.09 bits per heavy atom. The molecule has 0 aromatic heterocycles. The second-order valence-corrected chi connectivity index (χ2v) is 5.30. The van der Waals surface area contributed by atoms with Crippen LogP contribution in [0.15, 0.2) is 0 Å². The number of ketones is 2. The van der Waals surface area contributed by atoms with Crippen molar-refractivity contribution in [2.45, 2.75) is 46.5 Å². The first kappa shape index (κ1) is 18.3. The lowest BCUT2D eigenvalue weighted by Crippen LogP contribution is -2.45. The molecule has 0 N–H and O–H groups in total. The van der Waals surface area contributed by atoms with Gasteiger partial charge in [-0.05, 0) is 32.6 Å². The number of hydrogen-bond donors (Lipinski definition) is 0. The molecule has 0 saturated heterocycles. The highest BCUT2D eigenvalue weighted by atomic mass is 16.6. The molecule has 1 fully saturated rings. The van der Waals surface area contributed by atoms with E-state index in [2.05, 4.69) is 0 Å². The second-order valence-electron chi connectivity index (χ2n) is 5.30. The van der Waals surface area contributed by atoms with Crippen LogP contribution < -0.4 is 0 Å². The van der Waals surface area contributed by atoms with E-state index in [1.165, 1.54) is 0 Å². The molecule has 124 valence electrons. The number of carbonyl (C=O) groups is 4. The average molecular weight is 312 g/mol. The van der Waals surface area contributed by atoms with Crippen LogP contribution >= 0.6 is 0 Å². The minimum atomic E-state index is -1.20. The predicted octanol–water partition coefficient (Wildman–Crippen LogP) is 1.69. The number of Topliss-reactive ketones (excluding diaryl/α,β-unsaturated/α-hetero) is 2. The van der Waals surface area contributed by atoms with Crippen LogP contribution in [-0.2, 0) is 28.7 Å². The van der Waals surface area contributed by atoms with Crippen LogP contribution in [0.25, 0.3) is 0 Å². The molecule has 0 aliphatic heterocycles. The smallest absolute Gasteiger partial charge is 0.320 e. The summed E-state index contributed by atoms with van der Waals surface area (Å²) in [5.74, 6) is -4.62. The monoisotopic (exact) mass is 312 g/mol. The molecule has 0 amide bonds. The van der Waals surface area contributed by atoms with Gasteiger partial charge in [0.2, 0.25) is 0 Å². The molecular weight excluding hydrogens is 288 g/mol. The van der Waals surface area contributed by atoms with Crippen molar-refractivity contribution in [2.75, 3.05) is 13.2 Å². The highest BCUT2D eigenvalue weighted by Gasteiger charge is 2.47. The zero-order valence-corrected chi connectivity index (χ0v) is 13.4. The van der Waals surface area contributed by atoms with Gasteiger partial charge >= 0.3 is 11.9 Å². The van der Waals surface area contributed by atoms with Gasteiger partial charge in [0.05, 0.1) is 19.1 Å². The van der Waals surface area contributed by atoms with Crippen LogP contribution in [0.5, 0.6) is 0 Å². The molecule has 0 aromatic carbocycles. The number of ether oxygens (including phenoxy) is 2. The lowest BCUT2D eigenvalue weighted by atomic mass is 9.69. The van der Waals surface area contributed by atoms with Crippen LogP contribution in [0.1, 0.15) is 46.5 Å². The summed E-state index contributed by atoms with van der Waals surface area (Å²) in [6, 6.07) is 0. The summed E-state index contributed by atoms with van der Waals surface area (Å²) in [6.07, 6.45) is 1.54. The fourth-order valence-electron chi connectivity index (χ4n) is 2.98. The minimum absolute atomic E-state index is 0.127. The van der Waals surface area contributed by atoms with Crippen molar-refractivity contribution >= 4 is 23.5 Å². The molecular formula is C16H24O6. The van der Waals surface area contributed by atoms with Crippen LogP contribution in [0, 0.1) is 17.8 Å².